The van der Waals surface area contributed by atoms with Crippen molar-refractivity contribution in [3.05, 3.63) is 47.1 Å². The maximum Gasteiger partial charge on any atom is 0.334 e. The van der Waals surface area contributed by atoms with Crippen molar-refractivity contribution in [2.24, 2.45) is 5.92 Å². The SMILES string of the molecule is C=C1C(=O)OC2CC(CO)=CCCC(CO)=CC(OC(=O)C(C)=CC)C12. The molecular formula is C20H26O6. The van der Waals surface area contributed by atoms with Crippen molar-refractivity contribution >= 4 is 11.9 Å². The summed E-state index contributed by atoms with van der Waals surface area (Å²) >= 11 is 0. The molecule has 3 unspecified atom stereocenters. The van der Waals surface area contributed by atoms with Crippen molar-refractivity contribution in [2.45, 2.75) is 45.3 Å². The van der Waals surface area contributed by atoms with Gasteiger partial charge < -0.3 is 19.7 Å². The number of aliphatic hydroxyl groups excluding tert-OH is 2. The smallest absolute Gasteiger partial charge is 0.334 e. The van der Waals surface area contributed by atoms with Crippen molar-refractivity contribution in [2.75, 3.05) is 13.2 Å². The second-order valence-electron chi connectivity index (χ2n) is 6.58. The van der Waals surface area contributed by atoms with Gasteiger partial charge in [-0.05, 0) is 43.9 Å². The zero-order valence-electron chi connectivity index (χ0n) is 15.2. The predicted molar refractivity (Wildman–Crippen MR) is 96.0 cm³/mol. The van der Waals surface area contributed by atoms with E-state index in [1.807, 2.05) is 6.08 Å². The van der Waals surface area contributed by atoms with Crippen LogP contribution in [0.25, 0.3) is 0 Å². The van der Waals surface area contributed by atoms with Crippen molar-refractivity contribution < 1.29 is 29.3 Å². The van der Waals surface area contributed by atoms with E-state index in [4.69, 9.17) is 9.47 Å². The van der Waals surface area contributed by atoms with Crippen molar-refractivity contribution in [1.29, 1.82) is 0 Å². The van der Waals surface area contributed by atoms with Crippen LogP contribution in [0.2, 0.25) is 0 Å². The summed E-state index contributed by atoms with van der Waals surface area (Å²) in [4.78, 5) is 24.4. The highest BCUT2D eigenvalue weighted by atomic mass is 16.6. The number of fused-ring (bicyclic) bond motifs is 1. The Bertz CT molecular complexity index is 670. The van der Waals surface area contributed by atoms with Gasteiger partial charge in [0.05, 0.1) is 19.1 Å². The summed E-state index contributed by atoms with van der Waals surface area (Å²) in [7, 11) is 0. The van der Waals surface area contributed by atoms with Crippen LogP contribution in [0.4, 0.5) is 0 Å². The minimum Gasteiger partial charge on any atom is -0.458 e. The van der Waals surface area contributed by atoms with Crippen LogP contribution >= 0.6 is 0 Å². The molecule has 1 aliphatic heterocycles. The predicted octanol–water partition coefficient (Wildman–Crippen LogP) is 1.98. The van der Waals surface area contributed by atoms with Crippen molar-refractivity contribution in [3.8, 4) is 0 Å². The molecule has 0 saturated carbocycles. The van der Waals surface area contributed by atoms with Crippen LogP contribution in [0.5, 0.6) is 0 Å². The Balaban J connectivity index is 2.43. The maximum atomic E-state index is 12.3. The van der Waals surface area contributed by atoms with E-state index in [0.717, 1.165) is 5.57 Å². The third kappa shape index (κ3) is 4.51. The average molecular weight is 362 g/mol. The number of carbonyl (C=O) groups is 2. The number of allylic oxidation sites excluding steroid dienone is 2. The molecule has 2 rings (SSSR count). The molecule has 2 N–H and O–H groups in total. The van der Waals surface area contributed by atoms with Gasteiger partial charge in [-0.25, -0.2) is 9.59 Å². The van der Waals surface area contributed by atoms with Gasteiger partial charge in [0.25, 0.3) is 0 Å². The third-order valence-corrected chi connectivity index (χ3v) is 4.84. The summed E-state index contributed by atoms with van der Waals surface area (Å²) in [6, 6.07) is 0. The number of carbonyl (C=O) groups excluding carboxylic acids is 2. The fraction of sp³-hybridized carbons (Fsp3) is 0.500. The van der Waals surface area contributed by atoms with E-state index < -0.39 is 30.1 Å². The van der Waals surface area contributed by atoms with E-state index in [9.17, 15) is 19.8 Å². The molecule has 0 radical (unpaired) electrons. The molecule has 0 spiro atoms. The summed E-state index contributed by atoms with van der Waals surface area (Å²) in [5, 5.41) is 19.2. The van der Waals surface area contributed by atoms with E-state index in [0.29, 0.717) is 30.4 Å². The van der Waals surface area contributed by atoms with Gasteiger partial charge in [0, 0.05) is 17.6 Å². The largest absolute Gasteiger partial charge is 0.458 e. The molecular weight excluding hydrogens is 336 g/mol. The topological polar surface area (TPSA) is 93.1 Å². The normalized spacial score (nSPS) is 27.2. The van der Waals surface area contributed by atoms with Crippen LogP contribution in [0.1, 0.15) is 33.1 Å². The fourth-order valence-corrected chi connectivity index (χ4v) is 3.15. The third-order valence-electron chi connectivity index (χ3n) is 4.84. The molecule has 142 valence electrons. The Kier molecular flexibility index (Phi) is 6.94. The number of hydrogen-bond acceptors (Lipinski definition) is 6. The molecule has 1 saturated heterocycles. The molecule has 1 fully saturated rings. The number of ether oxygens (including phenoxy) is 2. The number of rotatable bonds is 4. The lowest BCUT2D eigenvalue weighted by molar-refractivity contribution is -0.145. The molecule has 1 aliphatic carbocycles. The Labute approximate surface area is 153 Å². The molecule has 0 aromatic carbocycles. The molecule has 0 amide bonds. The molecule has 6 heteroatoms. The summed E-state index contributed by atoms with van der Waals surface area (Å²) in [5.41, 5.74) is 2.13. The average Bonchev–Trinajstić information content (AvgIpc) is 2.91. The van der Waals surface area contributed by atoms with Crippen LogP contribution < -0.4 is 0 Å². The Morgan fingerprint density at radius 3 is 2.69 bits per heavy atom. The van der Waals surface area contributed by atoms with Gasteiger partial charge in [0.1, 0.15) is 12.2 Å². The minimum atomic E-state index is -0.776. The molecule has 0 aromatic rings. The van der Waals surface area contributed by atoms with Gasteiger partial charge >= 0.3 is 11.9 Å². The summed E-state index contributed by atoms with van der Waals surface area (Å²) in [6.07, 6.45) is 5.43. The van der Waals surface area contributed by atoms with Crippen LogP contribution in [-0.2, 0) is 19.1 Å². The van der Waals surface area contributed by atoms with Gasteiger partial charge in [-0.2, -0.15) is 0 Å². The first-order valence-corrected chi connectivity index (χ1v) is 8.74. The minimum absolute atomic E-state index is 0.145. The molecule has 0 aromatic heterocycles. The van der Waals surface area contributed by atoms with Crippen molar-refractivity contribution in [1.82, 2.24) is 0 Å². The van der Waals surface area contributed by atoms with E-state index in [-0.39, 0.29) is 18.8 Å². The number of hydrogen-bond donors (Lipinski definition) is 2. The fourth-order valence-electron chi connectivity index (χ4n) is 3.15. The lowest BCUT2D eigenvalue weighted by atomic mass is 9.85. The van der Waals surface area contributed by atoms with E-state index in [2.05, 4.69) is 6.58 Å². The monoisotopic (exact) mass is 362 g/mol. The van der Waals surface area contributed by atoms with Crippen LogP contribution in [-0.4, -0.2) is 47.6 Å². The Morgan fingerprint density at radius 2 is 2.08 bits per heavy atom. The molecule has 6 nitrogen and oxygen atoms in total. The van der Waals surface area contributed by atoms with Crippen molar-refractivity contribution in [3.63, 3.8) is 0 Å². The Morgan fingerprint density at radius 1 is 1.38 bits per heavy atom. The summed E-state index contributed by atoms with van der Waals surface area (Å²) in [5.74, 6) is -1.59. The van der Waals surface area contributed by atoms with Gasteiger partial charge in [-0.3, -0.25) is 0 Å². The first-order valence-electron chi connectivity index (χ1n) is 8.74. The molecule has 2 aliphatic rings. The molecule has 26 heavy (non-hydrogen) atoms. The van der Waals surface area contributed by atoms with E-state index in [1.165, 1.54) is 0 Å². The highest BCUT2D eigenvalue weighted by Gasteiger charge is 2.44. The number of esters is 2. The highest BCUT2D eigenvalue weighted by Crippen LogP contribution is 2.36. The van der Waals surface area contributed by atoms with Gasteiger partial charge in [-0.15, -0.1) is 0 Å². The quantitative estimate of drug-likeness (QED) is 0.451. The first-order chi connectivity index (χ1) is 12.4. The zero-order chi connectivity index (χ0) is 19.3. The highest BCUT2D eigenvalue weighted by molar-refractivity contribution is 5.91. The van der Waals surface area contributed by atoms with E-state index >= 15 is 0 Å². The van der Waals surface area contributed by atoms with E-state index in [1.54, 1.807) is 26.0 Å². The molecule has 3 atom stereocenters. The number of aliphatic hydroxyl groups is 2. The molecule has 1 heterocycles. The van der Waals surface area contributed by atoms with Crippen LogP contribution in [0, 0.1) is 5.92 Å². The van der Waals surface area contributed by atoms with Crippen LogP contribution in [0.15, 0.2) is 47.1 Å². The maximum absolute atomic E-state index is 12.3. The lowest BCUT2D eigenvalue weighted by Gasteiger charge is -2.27. The zero-order valence-corrected chi connectivity index (χ0v) is 15.2. The summed E-state index contributed by atoms with van der Waals surface area (Å²) < 4.78 is 11.1. The standard InChI is InChI=1S/C20H26O6/c1-4-12(2)19(23)25-16-8-14(10-21)6-5-7-15(11-22)9-17-18(16)13(3)20(24)26-17/h4,7-8,16-18,21-22H,3,5-6,9-11H2,1-2H3. The second kappa shape index (κ2) is 8.96. The van der Waals surface area contributed by atoms with Crippen LogP contribution in [0.3, 0.4) is 0 Å². The van der Waals surface area contributed by atoms with Gasteiger partial charge in [0.2, 0.25) is 0 Å². The van der Waals surface area contributed by atoms with Gasteiger partial charge in [0.15, 0.2) is 0 Å². The second-order valence-corrected chi connectivity index (χ2v) is 6.58. The lowest BCUT2D eigenvalue weighted by Crippen LogP contribution is -2.33. The first kappa shape index (κ1) is 20.1. The molecule has 0 bridgehead atoms. The Hall–Kier alpha value is -2.18. The summed E-state index contributed by atoms with van der Waals surface area (Å²) in [6.45, 7) is 6.87. The van der Waals surface area contributed by atoms with Gasteiger partial charge in [-0.1, -0.05) is 18.7 Å².